The summed E-state index contributed by atoms with van der Waals surface area (Å²) in [7, 11) is 1.60. The van der Waals surface area contributed by atoms with Crippen LogP contribution >= 0.6 is 15.9 Å². The number of halogens is 1. The fraction of sp³-hybridized carbons (Fsp3) is 0.200. The van der Waals surface area contributed by atoms with E-state index in [0.29, 0.717) is 30.6 Å². The number of H-pyrrole nitrogens is 1. The molecule has 2 heterocycles. The maximum atomic E-state index is 5.87. The van der Waals surface area contributed by atoms with Crippen molar-refractivity contribution in [3.8, 4) is 11.5 Å². The molecule has 124 valence electrons. The number of methoxy groups -OCH3 is 1. The second-order valence-electron chi connectivity index (χ2n) is 4.79. The Bertz CT molecular complexity index is 782. The van der Waals surface area contributed by atoms with Crippen LogP contribution in [0.3, 0.4) is 0 Å². The van der Waals surface area contributed by atoms with Gasteiger partial charge in [-0.1, -0.05) is 6.07 Å². The largest absolute Gasteiger partial charge is 0.493 e. The summed E-state index contributed by atoms with van der Waals surface area (Å²) in [5.41, 5.74) is 1.90. The van der Waals surface area contributed by atoms with Gasteiger partial charge in [-0.3, -0.25) is 20.4 Å². The highest BCUT2D eigenvalue weighted by molar-refractivity contribution is 9.10. The van der Waals surface area contributed by atoms with Gasteiger partial charge in [0, 0.05) is 24.5 Å². The van der Waals surface area contributed by atoms with Crippen LogP contribution in [0.5, 0.6) is 11.5 Å². The molecule has 0 atom stereocenters. The van der Waals surface area contributed by atoms with Gasteiger partial charge in [-0.15, -0.1) is 5.21 Å². The van der Waals surface area contributed by atoms with Crippen LogP contribution in [-0.2, 0) is 13.2 Å². The van der Waals surface area contributed by atoms with Crippen molar-refractivity contribution in [2.75, 3.05) is 7.11 Å². The average molecular weight is 390 g/mol. The number of aromatic amines is 1. The molecule has 0 fully saturated rings. The van der Waals surface area contributed by atoms with E-state index in [1.807, 2.05) is 24.3 Å². The van der Waals surface area contributed by atoms with Crippen molar-refractivity contribution < 1.29 is 9.47 Å². The summed E-state index contributed by atoms with van der Waals surface area (Å²) in [4.78, 5) is 4.07. The summed E-state index contributed by atoms with van der Waals surface area (Å²) in [5.74, 6) is 1.55. The summed E-state index contributed by atoms with van der Waals surface area (Å²) < 4.78 is 12.1. The van der Waals surface area contributed by atoms with Gasteiger partial charge < -0.3 is 14.8 Å². The zero-order chi connectivity index (χ0) is 16.8. The first-order chi connectivity index (χ1) is 11.8. The lowest BCUT2D eigenvalue weighted by Gasteiger charge is -2.15. The SMILES string of the molecule is COc1cc(C[N-]c2nn[nH]n2)cc(Br)c1OCc1cccnc1. The van der Waals surface area contributed by atoms with Crippen LogP contribution in [0.25, 0.3) is 5.32 Å². The van der Waals surface area contributed by atoms with Gasteiger partial charge in [-0.05, 0) is 39.7 Å². The second kappa shape index (κ2) is 7.73. The van der Waals surface area contributed by atoms with Crippen LogP contribution in [0.1, 0.15) is 11.1 Å². The number of nitrogens with one attached hydrogen (secondary N) is 1. The van der Waals surface area contributed by atoms with E-state index in [0.717, 1.165) is 15.6 Å². The summed E-state index contributed by atoms with van der Waals surface area (Å²) in [6.45, 7) is 0.798. The number of benzene rings is 1. The number of hydrogen-bond donors (Lipinski definition) is 1. The Hall–Kier alpha value is -2.68. The van der Waals surface area contributed by atoms with Gasteiger partial charge in [-0.25, -0.2) is 0 Å². The topological polar surface area (TPSA) is 99.9 Å². The lowest BCUT2D eigenvalue weighted by molar-refractivity contribution is 0.282. The summed E-state index contributed by atoms with van der Waals surface area (Å²) in [6.07, 6.45) is 3.49. The molecule has 1 N–H and O–H groups in total. The Labute approximate surface area is 146 Å². The first-order valence-corrected chi connectivity index (χ1v) is 7.84. The maximum absolute atomic E-state index is 5.87. The van der Waals surface area contributed by atoms with Gasteiger partial charge in [0.25, 0.3) is 0 Å². The Kier molecular flexibility index (Phi) is 5.22. The normalized spacial score (nSPS) is 10.4. The molecule has 0 saturated carbocycles. The molecule has 0 amide bonds. The van der Waals surface area contributed by atoms with E-state index < -0.39 is 0 Å². The minimum atomic E-state index is 0.307. The van der Waals surface area contributed by atoms with Crippen molar-refractivity contribution in [3.05, 3.63) is 57.6 Å². The van der Waals surface area contributed by atoms with Gasteiger partial charge in [0.05, 0.1) is 17.5 Å². The molecular weight excluding hydrogens is 376 g/mol. The molecule has 0 radical (unpaired) electrons. The lowest BCUT2D eigenvalue weighted by atomic mass is 10.2. The Balaban J connectivity index is 1.72. The Morgan fingerprint density at radius 1 is 1.29 bits per heavy atom. The van der Waals surface area contributed by atoms with Crippen molar-refractivity contribution in [2.45, 2.75) is 13.2 Å². The number of pyridine rings is 1. The fourth-order valence-electron chi connectivity index (χ4n) is 2.03. The average Bonchev–Trinajstić information content (AvgIpc) is 3.13. The number of rotatable bonds is 7. The summed E-state index contributed by atoms with van der Waals surface area (Å²) in [6, 6.07) is 7.61. The predicted octanol–water partition coefficient (Wildman–Crippen LogP) is 3.15. The minimum Gasteiger partial charge on any atom is -0.493 e. The molecule has 1 aromatic carbocycles. The molecular formula is C15H14BrN6O2-. The summed E-state index contributed by atoms with van der Waals surface area (Å²) >= 11 is 3.52. The van der Waals surface area contributed by atoms with Crippen LogP contribution in [0.4, 0.5) is 5.95 Å². The van der Waals surface area contributed by atoms with Gasteiger partial charge >= 0.3 is 0 Å². The van der Waals surface area contributed by atoms with E-state index in [9.17, 15) is 0 Å². The van der Waals surface area contributed by atoms with Crippen LogP contribution in [0.15, 0.2) is 41.1 Å². The molecule has 0 spiro atoms. The van der Waals surface area contributed by atoms with E-state index in [-0.39, 0.29) is 0 Å². The highest BCUT2D eigenvalue weighted by Gasteiger charge is 2.12. The second-order valence-corrected chi connectivity index (χ2v) is 5.64. The molecule has 8 nitrogen and oxygen atoms in total. The third-order valence-electron chi connectivity index (χ3n) is 3.13. The molecule has 24 heavy (non-hydrogen) atoms. The highest BCUT2D eigenvalue weighted by atomic mass is 79.9. The predicted molar refractivity (Wildman–Crippen MR) is 90.2 cm³/mol. The van der Waals surface area contributed by atoms with Crippen LogP contribution in [0.2, 0.25) is 0 Å². The molecule has 0 aliphatic carbocycles. The number of tetrazole rings is 1. The fourth-order valence-corrected chi connectivity index (χ4v) is 2.63. The third kappa shape index (κ3) is 3.99. The number of nitrogens with zero attached hydrogens (tertiary/aromatic N) is 5. The van der Waals surface area contributed by atoms with Crippen molar-refractivity contribution in [2.24, 2.45) is 0 Å². The third-order valence-corrected chi connectivity index (χ3v) is 3.72. The molecule has 0 bridgehead atoms. The van der Waals surface area contributed by atoms with Gasteiger partial charge in [0.2, 0.25) is 0 Å². The lowest BCUT2D eigenvalue weighted by Crippen LogP contribution is -2.00. The van der Waals surface area contributed by atoms with Crippen LogP contribution in [-0.4, -0.2) is 32.7 Å². The maximum Gasteiger partial charge on any atom is 0.175 e. The molecule has 0 aliphatic rings. The summed E-state index contributed by atoms with van der Waals surface area (Å²) in [5, 5.41) is 17.6. The highest BCUT2D eigenvalue weighted by Crippen LogP contribution is 2.37. The van der Waals surface area contributed by atoms with E-state index in [1.54, 1.807) is 19.5 Å². The van der Waals surface area contributed by atoms with Gasteiger partial charge in [0.1, 0.15) is 6.61 Å². The quantitative estimate of drug-likeness (QED) is 0.665. The molecule has 0 aliphatic heterocycles. The van der Waals surface area contributed by atoms with Crippen molar-refractivity contribution in [1.29, 1.82) is 0 Å². The van der Waals surface area contributed by atoms with Crippen molar-refractivity contribution in [3.63, 3.8) is 0 Å². The van der Waals surface area contributed by atoms with E-state index in [2.05, 4.69) is 46.9 Å². The Morgan fingerprint density at radius 3 is 2.92 bits per heavy atom. The first-order valence-electron chi connectivity index (χ1n) is 7.05. The van der Waals surface area contributed by atoms with Crippen LogP contribution < -0.4 is 9.47 Å². The molecule has 0 unspecified atom stereocenters. The number of ether oxygens (including phenoxy) is 2. The molecule has 9 heteroatoms. The number of aromatic nitrogens is 5. The number of hydrogen-bond acceptors (Lipinski definition) is 6. The van der Waals surface area contributed by atoms with Gasteiger partial charge in [0.15, 0.2) is 11.5 Å². The minimum absolute atomic E-state index is 0.307. The van der Waals surface area contributed by atoms with Crippen molar-refractivity contribution in [1.82, 2.24) is 25.6 Å². The standard InChI is InChI=1S/C15H14BrN6O2/c1-23-13-6-11(8-18-15-19-21-22-20-15)5-12(16)14(13)24-9-10-3-2-4-17-7-10/h2-7H,8-9H2,1H3,(H-,18,19,20,21,22)/q-1. The molecule has 3 rings (SSSR count). The first kappa shape index (κ1) is 16.2. The van der Waals surface area contributed by atoms with E-state index in [1.165, 1.54) is 0 Å². The molecule has 0 saturated heterocycles. The smallest absolute Gasteiger partial charge is 0.175 e. The molecule has 2 aromatic heterocycles. The molecule has 3 aromatic rings. The Morgan fingerprint density at radius 2 is 2.21 bits per heavy atom. The van der Waals surface area contributed by atoms with E-state index >= 15 is 0 Å². The zero-order valence-corrected chi connectivity index (χ0v) is 14.4. The zero-order valence-electron chi connectivity index (χ0n) is 12.8. The van der Waals surface area contributed by atoms with Crippen LogP contribution in [0, 0.1) is 0 Å². The van der Waals surface area contributed by atoms with Gasteiger partial charge in [-0.2, -0.15) is 0 Å². The van der Waals surface area contributed by atoms with Crippen molar-refractivity contribution >= 4 is 21.9 Å². The monoisotopic (exact) mass is 389 g/mol. The van der Waals surface area contributed by atoms with E-state index in [4.69, 9.17) is 9.47 Å².